The Balaban J connectivity index is 1.31. The van der Waals surface area contributed by atoms with Gasteiger partial charge in [0.25, 0.3) is 15.9 Å². The van der Waals surface area contributed by atoms with Crippen molar-refractivity contribution in [1.29, 1.82) is 0 Å². The highest BCUT2D eigenvalue weighted by atomic mass is 32.2. The molecule has 0 spiro atoms. The van der Waals surface area contributed by atoms with Crippen molar-refractivity contribution in [3.05, 3.63) is 83.4 Å². The Morgan fingerprint density at radius 2 is 1.77 bits per heavy atom. The molecule has 0 saturated carbocycles. The predicted octanol–water partition coefficient (Wildman–Crippen LogP) is 3.11. The molecule has 39 heavy (non-hydrogen) atoms. The molecule has 1 atom stereocenters. The summed E-state index contributed by atoms with van der Waals surface area (Å²) < 4.78 is 45.2. The average Bonchev–Trinajstić information content (AvgIpc) is 2.96. The molecular weight excluding hydrogens is 518 g/mol. The Bertz CT molecular complexity index is 1420. The first-order chi connectivity index (χ1) is 18.8. The number of benzene rings is 3. The zero-order valence-corrected chi connectivity index (χ0v) is 22.9. The van der Waals surface area contributed by atoms with E-state index in [2.05, 4.69) is 22.3 Å². The first kappa shape index (κ1) is 27.0. The number of nitrogens with one attached hydrogen (secondary N) is 1. The van der Waals surface area contributed by atoms with Crippen LogP contribution in [0.2, 0.25) is 0 Å². The predicted molar refractivity (Wildman–Crippen MR) is 148 cm³/mol. The number of nitrogens with zero attached hydrogens (tertiary/aromatic N) is 2. The number of carbonyl (C=O) groups is 1. The van der Waals surface area contributed by atoms with Gasteiger partial charge in [0.05, 0.1) is 37.5 Å². The van der Waals surface area contributed by atoms with Crippen molar-refractivity contribution >= 4 is 21.6 Å². The quantitative estimate of drug-likeness (QED) is 0.460. The molecular formula is C29H33N3O6S. The number of ether oxygens (including phenoxy) is 3. The summed E-state index contributed by atoms with van der Waals surface area (Å²) in [5.74, 6) is 0.528. The van der Waals surface area contributed by atoms with Crippen LogP contribution in [0.5, 0.6) is 11.5 Å². The first-order valence-corrected chi connectivity index (χ1v) is 14.4. The van der Waals surface area contributed by atoms with Crippen LogP contribution in [-0.4, -0.2) is 65.3 Å². The zero-order chi connectivity index (χ0) is 27.4. The standard InChI is InChI=1S/C29H33N3O6S/c1-21-6-11-26-27(16-21)38-28(20-32(26)39(34,35)25-9-7-24(36-2)8-10-25)29(33)30-18-22-4-3-5-23(17-22)19-31-12-14-37-15-13-31/h3-11,16-17,28H,12-15,18-20H2,1-2H3,(H,30,33). The molecule has 10 heteroatoms. The summed E-state index contributed by atoms with van der Waals surface area (Å²) in [5, 5.41) is 2.94. The van der Waals surface area contributed by atoms with Gasteiger partial charge in [0, 0.05) is 26.2 Å². The van der Waals surface area contributed by atoms with E-state index in [9.17, 15) is 13.2 Å². The van der Waals surface area contributed by atoms with E-state index in [-0.39, 0.29) is 17.3 Å². The monoisotopic (exact) mass is 551 g/mol. The van der Waals surface area contributed by atoms with Gasteiger partial charge in [-0.2, -0.15) is 0 Å². The molecule has 1 fully saturated rings. The van der Waals surface area contributed by atoms with E-state index < -0.39 is 16.1 Å². The van der Waals surface area contributed by atoms with Crippen molar-refractivity contribution in [1.82, 2.24) is 10.2 Å². The molecule has 1 N–H and O–H groups in total. The summed E-state index contributed by atoms with van der Waals surface area (Å²) >= 11 is 0. The van der Waals surface area contributed by atoms with E-state index >= 15 is 0 Å². The maximum atomic E-state index is 13.7. The Labute approximate surface area is 229 Å². The lowest BCUT2D eigenvalue weighted by Gasteiger charge is -2.35. The summed E-state index contributed by atoms with van der Waals surface area (Å²) in [6, 6.07) is 19.6. The fraction of sp³-hybridized carbons (Fsp3) is 0.345. The second-order valence-electron chi connectivity index (χ2n) is 9.72. The third kappa shape index (κ3) is 6.19. The maximum absolute atomic E-state index is 13.7. The summed E-state index contributed by atoms with van der Waals surface area (Å²) in [4.78, 5) is 15.7. The highest BCUT2D eigenvalue weighted by Crippen LogP contribution is 2.38. The van der Waals surface area contributed by atoms with Crippen LogP contribution < -0.4 is 19.1 Å². The van der Waals surface area contributed by atoms with Crippen LogP contribution in [0.1, 0.15) is 16.7 Å². The molecule has 3 aromatic carbocycles. The van der Waals surface area contributed by atoms with Gasteiger partial charge in [-0.15, -0.1) is 0 Å². The van der Waals surface area contributed by atoms with Crippen LogP contribution in [-0.2, 0) is 32.6 Å². The van der Waals surface area contributed by atoms with Gasteiger partial charge in [-0.25, -0.2) is 8.42 Å². The molecule has 1 saturated heterocycles. The molecule has 0 radical (unpaired) electrons. The second-order valence-corrected chi connectivity index (χ2v) is 11.6. The van der Waals surface area contributed by atoms with Crippen molar-refractivity contribution in [2.24, 2.45) is 0 Å². The summed E-state index contributed by atoms with van der Waals surface area (Å²) in [6.07, 6.45) is -1.01. The van der Waals surface area contributed by atoms with E-state index in [1.807, 2.05) is 25.1 Å². The van der Waals surface area contributed by atoms with E-state index in [0.717, 1.165) is 44.0 Å². The molecule has 206 valence electrons. The molecule has 5 rings (SSSR count). The van der Waals surface area contributed by atoms with Crippen LogP contribution in [0.15, 0.2) is 71.6 Å². The van der Waals surface area contributed by atoms with E-state index in [0.29, 0.717) is 23.7 Å². The van der Waals surface area contributed by atoms with Crippen LogP contribution in [0.4, 0.5) is 5.69 Å². The Morgan fingerprint density at radius 3 is 2.51 bits per heavy atom. The topological polar surface area (TPSA) is 97.4 Å². The normalized spacial score (nSPS) is 17.7. The summed E-state index contributed by atoms with van der Waals surface area (Å²) in [5.41, 5.74) is 3.42. The number of aryl methyl sites for hydroxylation is 1. The number of morpholine rings is 1. The van der Waals surface area contributed by atoms with Gasteiger partial charge in [-0.05, 0) is 60.0 Å². The SMILES string of the molecule is COc1ccc(S(=O)(=O)N2CC(C(=O)NCc3cccc(CN4CCOCC4)c3)Oc3cc(C)ccc32)cc1. The molecule has 2 aliphatic rings. The lowest BCUT2D eigenvalue weighted by molar-refractivity contribution is -0.127. The van der Waals surface area contributed by atoms with Gasteiger partial charge in [0.15, 0.2) is 6.10 Å². The third-order valence-electron chi connectivity index (χ3n) is 6.89. The summed E-state index contributed by atoms with van der Waals surface area (Å²) in [7, 11) is -2.44. The molecule has 1 amide bonds. The molecule has 2 aliphatic heterocycles. The molecule has 9 nitrogen and oxygen atoms in total. The minimum Gasteiger partial charge on any atom is -0.497 e. The van der Waals surface area contributed by atoms with Gasteiger partial charge >= 0.3 is 0 Å². The lowest BCUT2D eigenvalue weighted by Crippen LogP contribution is -2.50. The fourth-order valence-corrected chi connectivity index (χ4v) is 6.23. The van der Waals surface area contributed by atoms with E-state index in [1.54, 1.807) is 24.3 Å². The van der Waals surface area contributed by atoms with Gasteiger partial charge in [0.2, 0.25) is 0 Å². The fourth-order valence-electron chi connectivity index (χ4n) is 4.76. The van der Waals surface area contributed by atoms with Gasteiger partial charge in [-0.3, -0.25) is 14.0 Å². The van der Waals surface area contributed by atoms with Crippen molar-refractivity contribution in [2.45, 2.75) is 31.0 Å². The maximum Gasteiger partial charge on any atom is 0.264 e. The van der Waals surface area contributed by atoms with Crippen molar-refractivity contribution in [3.63, 3.8) is 0 Å². The number of amides is 1. The van der Waals surface area contributed by atoms with Crippen LogP contribution >= 0.6 is 0 Å². The first-order valence-electron chi connectivity index (χ1n) is 12.9. The lowest BCUT2D eigenvalue weighted by atomic mass is 10.1. The largest absolute Gasteiger partial charge is 0.497 e. The summed E-state index contributed by atoms with van der Waals surface area (Å²) in [6.45, 7) is 6.16. The van der Waals surface area contributed by atoms with E-state index in [4.69, 9.17) is 14.2 Å². The minimum absolute atomic E-state index is 0.105. The number of hydrogen-bond acceptors (Lipinski definition) is 7. The molecule has 2 heterocycles. The van der Waals surface area contributed by atoms with Crippen LogP contribution in [0, 0.1) is 6.92 Å². The number of rotatable bonds is 8. The van der Waals surface area contributed by atoms with Gasteiger partial charge < -0.3 is 19.5 Å². The van der Waals surface area contributed by atoms with Crippen LogP contribution in [0.3, 0.4) is 0 Å². The molecule has 3 aromatic rings. The van der Waals surface area contributed by atoms with Gasteiger partial charge in [-0.1, -0.05) is 30.3 Å². The third-order valence-corrected chi connectivity index (χ3v) is 8.69. The average molecular weight is 552 g/mol. The molecule has 1 unspecified atom stereocenters. The van der Waals surface area contributed by atoms with Crippen molar-refractivity contribution < 1.29 is 27.4 Å². The number of fused-ring (bicyclic) bond motifs is 1. The second kappa shape index (κ2) is 11.6. The highest BCUT2D eigenvalue weighted by molar-refractivity contribution is 7.92. The number of carbonyl (C=O) groups excluding carboxylic acids is 1. The smallest absolute Gasteiger partial charge is 0.264 e. The minimum atomic E-state index is -3.96. The Hall–Kier alpha value is -3.60. The van der Waals surface area contributed by atoms with E-state index in [1.165, 1.54) is 29.1 Å². The molecule has 0 bridgehead atoms. The number of anilines is 1. The van der Waals surface area contributed by atoms with Crippen LogP contribution in [0.25, 0.3) is 0 Å². The van der Waals surface area contributed by atoms with Crippen molar-refractivity contribution in [2.75, 3.05) is 44.3 Å². The Morgan fingerprint density at radius 1 is 1.03 bits per heavy atom. The number of hydrogen-bond donors (Lipinski definition) is 1. The number of methoxy groups -OCH3 is 1. The molecule has 0 aromatic heterocycles. The highest BCUT2D eigenvalue weighted by Gasteiger charge is 2.37. The molecule has 0 aliphatic carbocycles. The Kier molecular flexibility index (Phi) is 8.06. The zero-order valence-electron chi connectivity index (χ0n) is 22.1. The van der Waals surface area contributed by atoms with Crippen molar-refractivity contribution in [3.8, 4) is 11.5 Å². The number of sulfonamides is 1. The van der Waals surface area contributed by atoms with Gasteiger partial charge in [0.1, 0.15) is 11.5 Å².